The highest BCUT2D eigenvalue weighted by Gasteiger charge is 2.68. The Balaban J connectivity index is 1.51. The van der Waals surface area contributed by atoms with E-state index in [1.165, 1.54) is 25.1 Å². The first-order chi connectivity index (χ1) is 20.7. The van der Waals surface area contributed by atoms with Gasteiger partial charge in [-0.3, -0.25) is 24.2 Å². The smallest absolute Gasteiger partial charge is 0.294 e. The molecule has 1 aliphatic heterocycles. The number of ketones is 2. The van der Waals surface area contributed by atoms with Crippen LogP contribution >= 0.6 is 0 Å². The fourth-order valence-electron chi connectivity index (χ4n) is 7.43. The molecule has 1 saturated carbocycles. The number of likely N-dealkylation sites (N-methyl/N-ethyl adjacent to an activating group) is 1. The van der Waals surface area contributed by atoms with Crippen LogP contribution in [0.15, 0.2) is 35.1 Å². The van der Waals surface area contributed by atoms with E-state index in [1.807, 2.05) is 0 Å². The molecule has 1 aromatic rings. The Morgan fingerprint density at radius 1 is 1.25 bits per heavy atom. The first kappa shape index (κ1) is 31.4. The molecule has 7 atom stereocenters. The number of piperidine rings is 1. The number of nitrogens with zero attached hydrogens (tertiary/aromatic N) is 3. The molecule has 6 N–H and O–H groups in total. The maximum atomic E-state index is 14.2. The van der Waals surface area contributed by atoms with Gasteiger partial charge in [0.15, 0.2) is 11.4 Å². The van der Waals surface area contributed by atoms with E-state index < -0.39 is 80.7 Å². The molecule has 0 bridgehead atoms. The van der Waals surface area contributed by atoms with E-state index in [1.54, 1.807) is 24.0 Å². The molecule has 0 radical (unpaired) electrons. The molecular formula is C29H36N4O11. The molecule has 2 fully saturated rings. The van der Waals surface area contributed by atoms with E-state index in [9.17, 15) is 50.0 Å². The highest BCUT2D eigenvalue weighted by Crippen LogP contribution is 2.56. The lowest BCUT2D eigenvalue weighted by Crippen LogP contribution is -2.70. The molecule has 5 rings (SSSR count). The number of phenols is 1. The molecule has 3 aliphatic carbocycles. The molecule has 15 nitrogen and oxygen atoms in total. The summed E-state index contributed by atoms with van der Waals surface area (Å²) in [6.45, 7) is 2.34. The minimum atomic E-state index is -2.97. The second-order valence-corrected chi connectivity index (χ2v) is 12.2. The Morgan fingerprint density at radius 3 is 2.61 bits per heavy atom. The summed E-state index contributed by atoms with van der Waals surface area (Å²) < 4.78 is 0. The molecule has 44 heavy (non-hydrogen) atoms. The van der Waals surface area contributed by atoms with E-state index in [4.69, 9.17) is 0 Å². The second kappa shape index (κ2) is 11.5. The number of nitrogens with one attached hydrogen (secondary N) is 1. The SMILES string of the molecule is CC1c2cccc(O)c2C(O)=C2C(=O)C3(O)C(O)=C(C(=O)NCN4CCCC(CO[N+](=O)[O-])C4)C(=O)C(N(C)C)C3C(O)C21. The molecule has 0 aromatic heterocycles. The van der Waals surface area contributed by atoms with Crippen molar-refractivity contribution in [2.45, 2.75) is 43.4 Å². The van der Waals surface area contributed by atoms with Gasteiger partial charge in [-0.25, -0.2) is 0 Å². The van der Waals surface area contributed by atoms with Crippen LogP contribution in [-0.2, 0) is 19.2 Å². The van der Waals surface area contributed by atoms with Crippen molar-refractivity contribution in [2.24, 2.45) is 17.8 Å². The molecule has 1 heterocycles. The number of amides is 1. The zero-order valence-electron chi connectivity index (χ0n) is 24.5. The Hall–Kier alpha value is -4.05. The van der Waals surface area contributed by atoms with E-state index >= 15 is 0 Å². The van der Waals surface area contributed by atoms with Crippen molar-refractivity contribution >= 4 is 23.2 Å². The average Bonchev–Trinajstić information content (AvgIpc) is 2.97. The number of fused-ring (bicyclic) bond motifs is 3. The van der Waals surface area contributed by atoms with Gasteiger partial charge in [0.2, 0.25) is 5.78 Å². The number of aliphatic hydroxyl groups excluding tert-OH is 3. The highest BCUT2D eigenvalue weighted by atomic mass is 16.9. The van der Waals surface area contributed by atoms with Crippen LogP contribution in [0.2, 0.25) is 0 Å². The first-order valence-corrected chi connectivity index (χ1v) is 14.3. The van der Waals surface area contributed by atoms with Gasteiger partial charge in [0, 0.05) is 18.0 Å². The van der Waals surface area contributed by atoms with E-state index in [-0.39, 0.29) is 30.5 Å². The summed E-state index contributed by atoms with van der Waals surface area (Å²) in [4.78, 5) is 59.6. The molecule has 15 heteroatoms. The molecule has 238 valence electrons. The number of aromatic hydroxyl groups is 1. The Bertz CT molecular complexity index is 1470. The van der Waals surface area contributed by atoms with Crippen LogP contribution in [-0.4, -0.2) is 116 Å². The van der Waals surface area contributed by atoms with E-state index in [0.717, 1.165) is 0 Å². The Labute approximate surface area is 252 Å². The maximum absolute atomic E-state index is 14.2. The Morgan fingerprint density at radius 2 is 1.95 bits per heavy atom. The Kier molecular flexibility index (Phi) is 8.18. The number of aliphatic hydroxyl groups is 4. The van der Waals surface area contributed by atoms with Crippen molar-refractivity contribution in [3.8, 4) is 5.75 Å². The maximum Gasteiger partial charge on any atom is 0.294 e. The van der Waals surface area contributed by atoms with Crippen LogP contribution in [0, 0.1) is 27.9 Å². The molecule has 1 saturated heterocycles. The van der Waals surface area contributed by atoms with Crippen LogP contribution < -0.4 is 5.32 Å². The molecule has 7 unspecified atom stereocenters. The molecule has 4 aliphatic rings. The van der Waals surface area contributed by atoms with Crippen molar-refractivity contribution in [3.05, 3.63) is 56.3 Å². The van der Waals surface area contributed by atoms with E-state index in [0.29, 0.717) is 31.5 Å². The zero-order chi connectivity index (χ0) is 32.2. The number of rotatable bonds is 7. The van der Waals surface area contributed by atoms with Gasteiger partial charge in [-0.15, -0.1) is 10.1 Å². The number of phenolic OH excluding ortho intramolecular Hbond substituents is 1. The van der Waals surface area contributed by atoms with Crippen molar-refractivity contribution < 1.29 is 49.8 Å². The van der Waals surface area contributed by atoms with E-state index in [2.05, 4.69) is 10.2 Å². The monoisotopic (exact) mass is 616 g/mol. The summed E-state index contributed by atoms with van der Waals surface area (Å²) >= 11 is 0. The summed E-state index contributed by atoms with van der Waals surface area (Å²) in [5, 5.41) is 69.1. The third kappa shape index (κ3) is 4.80. The van der Waals surface area contributed by atoms with Gasteiger partial charge >= 0.3 is 0 Å². The predicted octanol–water partition coefficient (Wildman–Crippen LogP) is 0.00450. The van der Waals surface area contributed by atoms with Crippen LogP contribution in [0.25, 0.3) is 5.76 Å². The molecular weight excluding hydrogens is 580 g/mol. The topological polar surface area (TPSA) is 223 Å². The van der Waals surface area contributed by atoms with Crippen molar-refractivity contribution in [3.63, 3.8) is 0 Å². The van der Waals surface area contributed by atoms with Gasteiger partial charge in [0.05, 0.1) is 30.3 Å². The number of likely N-dealkylation sites (tertiary alicyclic amines) is 1. The number of benzene rings is 1. The number of hydrogen-bond donors (Lipinski definition) is 6. The average molecular weight is 617 g/mol. The highest BCUT2D eigenvalue weighted by molar-refractivity contribution is 6.25. The number of hydrogen-bond acceptors (Lipinski definition) is 13. The standard InChI is InChI=1S/C29H36N4O11/c1-13-15-7-4-8-16(34)18(15)23(35)19-17(13)24(36)21-22(31(2)3)25(37)20(27(39)29(21,41)26(19)38)28(40)30-12-32-9-5-6-14(10-32)11-44-33(42)43/h4,7-8,13-14,17,21-22,24,34-36,39,41H,5-6,9-12H2,1-3H3,(H,30,40). The van der Waals surface area contributed by atoms with Gasteiger partial charge < -0.3 is 35.7 Å². The number of Topliss-reactive ketones (excluding diaryl/α,β-unsaturated/α-hetero) is 2. The van der Waals surface area contributed by atoms with Gasteiger partial charge in [-0.05, 0) is 56.9 Å². The fourth-order valence-corrected chi connectivity index (χ4v) is 7.43. The third-order valence-electron chi connectivity index (χ3n) is 9.46. The third-order valence-corrected chi connectivity index (χ3v) is 9.46. The lowest BCUT2D eigenvalue weighted by molar-refractivity contribution is -0.759. The lowest BCUT2D eigenvalue weighted by atomic mass is 9.54. The molecule has 1 aromatic carbocycles. The molecule has 0 spiro atoms. The second-order valence-electron chi connectivity index (χ2n) is 12.2. The number of carbonyl (C=O) groups excluding carboxylic acids is 3. The van der Waals surface area contributed by atoms with Gasteiger partial charge in [-0.2, -0.15) is 0 Å². The lowest BCUT2D eigenvalue weighted by Gasteiger charge is -2.53. The summed E-state index contributed by atoms with van der Waals surface area (Å²) in [7, 11) is 2.94. The zero-order valence-corrected chi connectivity index (χ0v) is 24.5. The van der Waals surface area contributed by atoms with Crippen molar-refractivity contribution in [1.82, 2.24) is 15.1 Å². The van der Waals surface area contributed by atoms with Crippen LogP contribution in [0.3, 0.4) is 0 Å². The van der Waals surface area contributed by atoms with Crippen LogP contribution in [0.5, 0.6) is 5.75 Å². The number of carbonyl (C=O) groups is 3. The van der Waals surface area contributed by atoms with Crippen molar-refractivity contribution in [2.75, 3.05) is 40.5 Å². The summed E-state index contributed by atoms with van der Waals surface area (Å²) in [6, 6.07) is 3.06. The predicted molar refractivity (Wildman–Crippen MR) is 151 cm³/mol. The van der Waals surface area contributed by atoms with Crippen LogP contribution in [0.1, 0.15) is 36.8 Å². The van der Waals surface area contributed by atoms with Crippen LogP contribution in [0.4, 0.5) is 0 Å². The summed E-state index contributed by atoms with van der Waals surface area (Å²) in [5.41, 5.74) is -3.85. The minimum absolute atomic E-state index is 0.0465. The first-order valence-electron chi connectivity index (χ1n) is 14.3. The van der Waals surface area contributed by atoms with Gasteiger partial charge in [0.25, 0.3) is 11.0 Å². The summed E-state index contributed by atoms with van der Waals surface area (Å²) in [6.07, 6.45) is -0.298. The quantitative estimate of drug-likeness (QED) is 0.135. The van der Waals surface area contributed by atoms with Crippen molar-refractivity contribution in [1.29, 1.82) is 0 Å². The fraction of sp³-hybridized carbons (Fsp3) is 0.552. The molecule has 1 amide bonds. The largest absolute Gasteiger partial charge is 0.508 e. The normalized spacial score (nSPS) is 32.2. The van der Waals surface area contributed by atoms with Gasteiger partial charge in [0.1, 0.15) is 29.4 Å². The summed E-state index contributed by atoms with van der Waals surface area (Å²) in [5.74, 6) is -8.96. The van der Waals surface area contributed by atoms with Gasteiger partial charge in [-0.1, -0.05) is 19.1 Å². The minimum Gasteiger partial charge on any atom is -0.508 e.